The van der Waals surface area contributed by atoms with Gasteiger partial charge in [-0.2, -0.15) is 0 Å². The Hall–Kier alpha value is -1.44. The first-order chi connectivity index (χ1) is 11.4. The molecule has 2 nitrogen and oxygen atoms in total. The van der Waals surface area contributed by atoms with Crippen molar-refractivity contribution in [2.24, 2.45) is 29.1 Å². The third-order valence-electron chi connectivity index (χ3n) is 6.55. The highest BCUT2D eigenvalue weighted by molar-refractivity contribution is 6.41. The van der Waals surface area contributed by atoms with Crippen molar-refractivity contribution in [3.63, 3.8) is 0 Å². The van der Waals surface area contributed by atoms with Gasteiger partial charge in [-0.05, 0) is 42.6 Å². The van der Waals surface area contributed by atoms with E-state index >= 15 is 0 Å². The van der Waals surface area contributed by atoms with Crippen LogP contribution in [0, 0.1) is 29.1 Å². The third kappa shape index (κ3) is 2.29. The SMILES string of the molecule is CC(C)(C)C1=CC2C(=O)C(=O)C1[C@H]1C(=C3CCCCCC3)C=C[C@@H]21. The number of ketones is 2. The molecular formula is C22H28O2. The average molecular weight is 324 g/mol. The molecule has 0 radical (unpaired) electrons. The summed E-state index contributed by atoms with van der Waals surface area (Å²) in [5, 5.41) is 0. The number of carbonyl (C=O) groups excluding carboxylic acids is 2. The van der Waals surface area contributed by atoms with Crippen LogP contribution < -0.4 is 0 Å². The fourth-order valence-corrected chi connectivity index (χ4v) is 5.39. The van der Waals surface area contributed by atoms with Gasteiger partial charge < -0.3 is 0 Å². The number of Topliss-reactive ketones (excluding diaryl/α,β-unsaturated/α-hetero) is 2. The second kappa shape index (κ2) is 5.54. The number of carbonyl (C=O) groups is 2. The molecule has 0 amide bonds. The zero-order valence-electron chi connectivity index (χ0n) is 15.1. The smallest absolute Gasteiger partial charge is 0.206 e. The maximum absolute atomic E-state index is 12.8. The lowest BCUT2D eigenvalue weighted by molar-refractivity contribution is -0.146. The summed E-state index contributed by atoms with van der Waals surface area (Å²) in [6.07, 6.45) is 14.2. The Labute approximate surface area is 145 Å². The van der Waals surface area contributed by atoms with E-state index in [1.807, 2.05) is 0 Å². The van der Waals surface area contributed by atoms with Crippen molar-refractivity contribution in [1.29, 1.82) is 0 Å². The predicted molar refractivity (Wildman–Crippen MR) is 95.4 cm³/mol. The van der Waals surface area contributed by atoms with E-state index in [-0.39, 0.29) is 40.7 Å². The molecule has 5 rings (SSSR count). The Morgan fingerprint density at radius 2 is 1.62 bits per heavy atom. The zero-order chi connectivity index (χ0) is 17.1. The van der Waals surface area contributed by atoms with E-state index in [0.717, 1.165) is 0 Å². The Morgan fingerprint density at radius 1 is 0.958 bits per heavy atom. The van der Waals surface area contributed by atoms with Gasteiger partial charge in [0.15, 0.2) is 0 Å². The molecule has 0 aromatic carbocycles. The molecule has 0 spiro atoms. The van der Waals surface area contributed by atoms with Crippen LogP contribution in [0.5, 0.6) is 0 Å². The van der Waals surface area contributed by atoms with Crippen LogP contribution in [0.4, 0.5) is 0 Å². The minimum Gasteiger partial charge on any atom is -0.290 e. The van der Waals surface area contributed by atoms with Gasteiger partial charge >= 0.3 is 0 Å². The van der Waals surface area contributed by atoms with E-state index in [1.54, 1.807) is 5.57 Å². The van der Waals surface area contributed by atoms with E-state index in [2.05, 4.69) is 39.0 Å². The highest BCUT2D eigenvalue weighted by Gasteiger charge is 2.57. The summed E-state index contributed by atoms with van der Waals surface area (Å²) in [7, 11) is 0. The van der Waals surface area contributed by atoms with Crippen molar-refractivity contribution in [3.8, 4) is 0 Å². The Morgan fingerprint density at radius 3 is 2.25 bits per heavy atom. The minimum atomic E-state index is -0.221. The van der Waals surface area contributed by atoms with Crippen LogP contribution in [0.2, 0.25) is 0 Å². The summed E-state index contributed by atoms with van der Waals surface area (Å²) < 4.78 is 0. The van der Waals surface area contributed by atoms with Gasteiger partial charge in [0.25, 0.3) is 0 Å². The average Bonchev–Trinajstić information content (AvgIpc) is 2.79. The van der Waals surface area contributed by atoms with Crippen LogP contribution >= 0.6 is 0 Å². The fraction of sp³-hybridized carbons (Fsp3) is 0.636. The molecule has 128 valence electrons. The molecule has 0 heterocycles. The molecule has 0 aromatic rings. The van der Waals surface area contributed by atoms with Gasteiger partial charge in [-0.25, -0.2) is 0 Å². The van der Waals surface area contributed by atoms with Crippen LogP contribution in [0.1, 0.15) is 59.3 Å². The first-order valence-corrected chi connectivity index (χ1v) is 9.60. The number of allylic oxidation sites excluding steroid dienone is 6. The maximum atomic E-state index is 12.8. The lowest BCUT2D eigenvalue weighted by Crippen LogP contribution is -2.52. The van der Waals surface area contributed by atoms with Gasteiger partial charge in [-0.3, -0.25) is 9.59 Å². The van der Waals surface area contributed by atoms with Crippen LogP contribution in [0.3, 0.4) is 0 Å². The molecule has 2 heteroatoms. The van der Waals surface area contributed by atoms with Crippen LogP contribution in [-0.2, 0) is 9.59 Å². The second-order valence-corrected chi connectivity index (χ2v) is 9.04. The standard InChI is InChI=1S/C22H28O2/c1-22(2,3)17-12-16-15-11-10-14(13-8-6-4-5-7-9-13)18(15)19(17)21(24)20(16)23/h10-12,15-16,18-19H,4-9H2,1-3H3/t15-,16?,18-,19?/m0/s1. The minimum absolute atomic E-state index is 0.0495. The van der Waals surface area contributed by atoms with E-state index < -0.39 is 0 Å². The van der Waals surface area contributed by atoms with Gasteiger partial charge in [0, 0.05) is 5.92 Å². The zero-order valence-corrected chi connectivity index (χ0v) is 15.1. The van der Waals surface area contributed by atoms with E-state index in [9.17, 15) is 9.59 Å². The van der Waals surface area contributed by atoms with Crippen LogP contribution in [0.15, 0.2) is 34.9 Å². The third-order valence-corrected chi connectivity index (χ3v) is 6.55. The molecule has 4 atom stereocenters. The summed E-state index contributed by atoms with van der Waals surface area (Å²) in [5.74, 6) is -0.255. The van der Waals surface area contributed by atoms with Gasteiger partial charge in [0.1, 0.15) is 0 Å². The van der Waals surface area contributed by atoms with Crippen LogP contribution in [0.25, 0.3) is 0 Å². The molecule has 5 aliphatic rings. The van der Waals surface area contributed by atoms with Gasteiger partial charge in [0.2, 0.25) is 11.6 Å². The van der Waals surface area contributed by atoms with Crippen molar-refractivity contribution in [2.45, 2.75) is 59.3 Å². The first-order valence-electron chi connectivity index (χ1n) is 9.60. The number of hydrogen-bond donors (Lipinski definition) is 0. The summed E-state index contributed by atoms with van der Waals surface area (Å²) in [5.41, 5.74) is 4.13. The molecule has 0 aliphatic heterocycles. The molecule has 2 fully saturated rings. The Balaban J connectivity index is 1.80. The van der Waals surface area contributed by atoms with E-state index in [0.29, 0.717) is 0 Å². The van der Waals surface area contributed by atoms with Crippen molar-refractivity contribution < 1.29 is 9.59 Å². The molecule has 0 aromatic heterocycles. The molecule has 2 bridgehead atoms. The quantitative estimate of drug-likeness (QED) is 0.364. The normalized spacial score (nSPS) is 36.0. The molecular weight excluding hydrogens is 296 g/mol. The summed E-state index contributed by atoms with van der Waals surface area (Å²) in [4.78, 5) is 25.3. The number of rotatable bonds is 0. The predicted octanol–water partition coefficient (Wildman–Crippen LogP) is 4.81. The molecule has 2 saturated carbocycles. The Kier molecular flexibility index (Phi) is 3.71. The highest BCUT2D eigenvalue weighted by Crippen LogP contribution is 2.56. The highest BCUT2D eigenvalue weighted by atomic mass is 16.2. The Bertz CT molecular complexity index is 673. The summed E-state index contributed by atoms with van der Waals surface area (Å²) >= 11 is 0. The molecule has 2 unspecified atom stereocenters. The monoisotopic (exact) mass is 324 g/mol. The van der Waals surface area contributed by atoms with Gasteiger partial charge in [-0.1, -0.05) is 63.0 Å². The fourth-order valence-electron chi connectivity index (χ4n) is 5.39. The topological polar surface area (TPSA) is 34.1 Å². The number of fused-ring (bicyclic) bond motifs is 1. The molecule has 0 saturated heterocycles. The lowest BCUT2D eigenvalue weighted by Gasteiger charge is -2.47. The van der Waals surface area contributed by atoms with E-state index in [1.165, 1.54) is 49.7 Å². The second-order valence-electron chi connectivity index (χ2n) is 9.04. The largest absolute Gasteiger partial charge is 0.290 e. The van der Waals surface area contributed by atoms with Crippen LogP contribution in [-0.4, -0.2) is 11.6 Å². The van der Waals surface area contributed by atoms with Gasteiger partial charge in [0.05, 0.1) is 11.8 Å². The number of hydrogen-bond acceptors (Lipinski definition) is 2. The van der Waals surface area contributed by atoms with Crippen molar-refractivity contribution in [2.75, 3.05) is 0 Å². The van der Waals surface area contributed by atoms with Gasteiger partial charge in [-0.15, -0.1) is 0 Å². The van der Waals surface area contributed by atoms with Crippen molar-refractivity contribution in [3.05, 3.63) is 34.9 Å². The van der Waals surface area contributed by atoms with Crippen molar-refractivity contribution >= 4 is 11.6 Å². The summed E-state index contributed by atoms with van der Waals surface area (Å²) in [6, 6.07) is 0. The maximum Gasteiger partial charge on any atom is 0.206 e. The molecule has 5 aliphatic carbocycles. The van der Waals surface area contributed by atoms with E-state index in [4.69, 9.17) is 0 Å². The van der Waals surface area contributed by atoms with Crippen molar-refractivity contribution in [1.82, 2.24) is 0 Å². The molecule has 0 N–H and O–H groups in total. The lowest BCUT2D eigenvalue weighted by atomic mass is 9.54. The first kappa shape index (κ1) is 16.1. The summed E-state index contributed by atoms with van der Waals surface area (Å²) in [6.45, 7) is 6.52. The molecule has 24 heavy (non-hydrogen) atoms.